The zero-order valence-electron chi connectivity index (χ0n) is 9.17. The molecule has 0 saturated carbocycles. The highest BCUT2D eigenvalue weighted by Crippen LogP contribution is 2.34. The lowest BCUT2D eigenvalue weighted by Gasteiger charge is -2.10. The standard InChI is InChI=1S/C10H10BrF2NO3/c1-3-17-10(15)6-4-5(11)8(16-2)7(14-6)9(12)13/h4,9H,3H2,1-2H3. The van der Waals surface area contributed by atoms with Gasteiger partial charge >= 0.3 is 5.97 Å². The summed E-state index contributed by atoms with van der Waals surface area (Å²) in [4.78, 5) is 14.9. The van der Waals surface area contributed by atoms with Gasteiger partial charge in [0.25, 0.3) is 6.43 Å². The van der Waals surface area contributed by atoms with E-state index in [1.165, 1.54) is 13.2 Å². The maximum absolute atomic E-state index is 12.7. The highest BCUT2D eigenvalue weighted by molar-refractivity contribution is 9.10. The van der Waals surface area contributed by atoms with Gasteiger partial charge in [-0.15, -0.1) is 0 Å². The normalized spacial score (nSPS) is 10.5. The van der Waals surface area contributed by atoms with Gasteiger partial charge in [0.1, 0.15) is 5.69 Å². The molecule has 0 aromatic carbocycles. The molecule has 0 aliphatic carbocycles. The summed E-state index contributed by atoms with van der Waals surface area (Å²) in [6.07, 6.45) is -2.84. The average molecular weight is 310 g/mol. The molecule has 0 unspecified atom stereocenters. The van der Waals surface area contributed by atoms with Crippen LogP contribution in [0.25, 0.3) is 0 Å². The Balaban J connectivity index is 3.24. The summed E-state index contributed by atoms with van der Waals surface area (Å²) < 4.78 is 35.1. The van der Waals surface area contributed by atoms with Crippen molar-refractivity contribution in [2.45, 2.75) is 13.3 Å². The highest BCUT2D eigenvalue weighted by Gasteiger charge is 2.22. The minimum atomic E-state index is -2.84. The SMILES string of the molecule is CCOC(=O)c1cc(Br)c(OC)c(C(F)F)n1. The van der Waals surface area contributed by atoms with Crippen LogP contribution >= 0.6 is 15.9 Å². The van der Waals surface area contributed by atoms with Gasteiger partial charge in [0.05, 0.1) is 18.2 Å². The summed E-state index contributed by atoms with van der Waals surface area (Å²) in [7, 11) is 1.25. The largest absolute Gasteiger partial charge is 0.493 e. The van der Waals surface area contributed by atoms with Crippen LogP contribution < -0.4 is 4.74 Å². The molecule has 0 N–H and O–H groups in total. The van der Waals surface area contributed by atoms with Crippen molar-refractivity contribution in [2.75, 3.05) is 13.7 Å². The maximum Gasteiger partial charge on any atom is 0.356 e. The molecule has 7 heteroatoms. The quantitative estimate of drug-likeness (QED) is 0.802. The van der Waals surface area contributed by atoms with Crippen LogP contribution in [0.4, 0.5) is 8.78 Å². The Bertz CT molecular complexity index is 426. The summed E-state index contributed by atoms with van der Waals surface area (Å²) >= 11 is 3.04. The first-order chi connectivity index (χ1) is 8.01. The smallest absolute Gasteiger partial charge is 0.356 e. The molecule has 0 aliphatic heterocycles. The van der Waals surface area contributed by atoms with Crippen LogP contribution in [-0.4, -0.2) is 24.7 Å². The fraction of sp³-hybridized carbons (Fsp3) is 0.400. The van der Waals surface area contributed by atoms with E-state index in [4.69, 9.17) is 4.74 Å². The number of alkyl halides is 2. The molecule has 1 rings (SSSR count). The van der Waals surface area contributed by atoms with Crippen molar-refractivity contribution in [3.63, 3.8) is 0 Å². The second kappa shape index (κ2) is 5.90. The van der Waals surface area contributed by atoms with Gasteiger partial charge in [-0.25, -0.2) is 18.6 Å². The lowest BCUT2D eigenvalue weighted by molar-refractivity contribution is 0.0517. The number of methoxy groups -OCH3 is 1. The van der Waals surface area contributed by atoms with E-state index in [9.17, 15) is 13.6 Å². The number of esters is 1. The molecule has 0 fully saturated rings. The molecule has 0 aliphatic rings. The third kappa shape index (κ3) is 3.12. The molecule has 94 valence electrons. The maximum atomic E-state index is 12.7. The molecule has 4 nitrogen and oxygen atoms in total. The topological polar surface area (TPSA) is 48.4 Å². The van der Waals surface area contributed by atoms with Crippen molar-refractivity contribution < 1.29 is 23.0 Å². The van der Waals surface area contributed by atoms with E-state index in [0.29, 0.717) is 0 Å². The van der Waals surface area contributed by atoms with Crippen molar-refractivity contribution in [1.29, 1.82) is 0 Å². The van der Waals surface area contributed by atoms with Crippen LogP contribution in [0.3, 0.4) is 0 Å². The molecule has 1 aromatic rings. The van der Waals surface area contributed by atoms with Gasteiger partial charge < -0.3 is 9.47 Å². The van der Waals surface area contributed by atoms with Crippen LogP contribution in [0.5, 0.6) is 5.75 Å². The van der Waals surface area contributed by atoms with Crippen molar-refractivity contribution in [1.82, 2.24) is 4.98 Å². The van der Waals surface area contributed by atoms with Crippen molar-refractivity contribution in [3.05, 3.63) is 21.9 Å². The number of hydrogen-bond acceptors (Lipinski definition) is 4. The number of hydrogen-bond donors (Lipinski definition) is 0. The van der Waals surface area contributed by atoms with Gasteiger partial charge in [0.2, 0.25) is 0 Å². The monoisotopic (exact) mass is 309 g/mol. The third-order valence-corrected chi connectivity index (χ3v) is 2.44. The first-order valence-corrected chi connectivity index (χ1v) is 5.50. The Hall–Kier alpha value is -1.24. The number of rotatable bonds is 4. The van der Waals surface area contributed by atoms with Gasteiger partial charge in [-0.05, 0) is 28.9 Å². The number of pyridine rings is 1. The van der Waals surface area contributed by atoms with Crippen LogP contribution in [0.2, 0.25) is 0 Å². The van der Waals surface area contributed by atoms with Crippen LogP contribution in [0.1, 0.15) is 29.5 Å². The van der Waals surface area contributed by atoms with E-state index in [0.717, 1.165) is 0 Å². The summed E-state index contributed by atoms with van der Waals surface area (Å²) in [5.74, 6) is -0.842. The number of ether oxygens (including phenoxy) is 2. The van der Waals surface area contributed by atoms with Gasteiger partial charge in [-0.2, -0.15) is 0 Å². The van der Waals surface area contributed by atoms with Crippen molar-refractivity contribution >= 4 is 21.9 Å². The number of aromatic nitrogens is 1. The van der Waals surface area contributed by atoms with E-state index in [2.05, 4.69) is 25.7 Å². The molecule has 1 heterocycles. The molecule has 0 bridgehead atoms. The lowest BCUT2D eigenvalue weighted by atomic mass is 10.2. The Labute approximate surface area is 105 Å². The van der Waals surface area contributed by atoms with E-state index in [1.54, 1.807) is 6.92 Å². The predicted molar refractivity (Wildman–Crippen MR) is 59.4 cm³/mol. The van der Waals surface area contributed by atoms with Gasteiger partial charge in [-0.3, -0.25) is 0 Å². The Morgan fingerprint density at radius 1 is 1.59 bits per heavy atom. The first kappa shape index (κ1) is 13.8. The Morgan fingerprint density at radius 3 is 2.71 bits per heavy atom. The molecular formula is C10H10BrF2NO3. The van der Waals surface area contributed by atoms with Gasteiger partial charge in [-0.1, -0.05) is 0 Å². The fourth-order valence-electron chi connectivity index (χ4n) is 1.18. The molecule has 17 heavy (non-hydrogen) atoms. The number of carbonyl (C=O) groups is 1. The van der Waals surface area contributed by atoms with Crippen molar-refractivity contribution in [2.24, 2.45) is 0 Å². The molecule has 0 radical (unpaired) electrons. The second-order valence-electron chi connectivity index (χ2n) is 2.93. The lowest BCUT2D eigenvalue weighted by Crippen LogP contribution is -2.10. The number of carbonyl (C=O) groups excluding carboxylic acids is 1. The van der Waals surface area contributed by atoms with Crippen molar-refractivity contribution in [3.8, 4) is 5.75 Å². The molecule has 0 saturated heterocycles. The summed E-state index contributed by atoms with van der Waals surface area (Å²) in [5, 5.41) is 0. The fourth-order valence-corrected chi connectivity index (χ4v) is 1.76. The molecule has 0 spiro atoms. The Morgan fingerprint density at radius 2 is 2.24 bits per heavy atom. The zero-order valence-corrected chi connectivity index (χ0v) is 10.8. The summed E-state index contributed by atoms with van der Waals surface area (Å²) in [6, 6.07) is 1.28. The Kier molecular flexibility index (Phi) is 4.80. The van der Waals surface area contributed by atoms with Crippen LogP contribution in [0.15, 0.2) is 10.5 Å². The van der Waals surface area contributed by atoms with E-state index in [-0.39, 0.29) is 22.5 Å². The van der Waals surface area contributed by atoms with Crippen LogP contribution in [0, 0.1) is 0 Å². The molecular weight excluding hydrogens is 300 g/mol. The first-order valence-electron chi connectivity index (χ1n) is 4.71. The minimum absolute atomic E-state index is 0.0898. The number of nitrogens with zero attached hydrogens (tertiary/aromatic N) is 1. The minimum Gasteiger partial charge on any atom is -0.493 e. The van der Waals surface area contributed by atoms with Gasteiger partial charge in [0, 0.05) is 0 Å². The summed E-state index contributed by atoms with van der Waals surface area (Å²) in [5.41, 5.74) is -0.778. The van der Waals surface area contributed by atoms with Crippen LogP contribution in [-0.2, 0) is 4.74 Å². The average Bonchev–Trinajstić information content (AvgIpc) is 2.28. The van der Waals surface area contributed by atoms with Gasteiger partial charge in [0.15, 0.2) is 11.4 Å². The highest BCUT2D eigenvalue weighted by atomic mass is 79.9. The molecule has 1 aromatic heterocycles. The third-order valence-electron chi connectivity index (χ3n) is 1.85. The molecule has 0 atom stereocenters. The van der Waals surface area contributed by atoms with E-state index in [1.807, 2.05) is 0 Å². The molecule has 0 amide bonds. The van der Waals surface area contributed by atoms with E-state index >= 15 is 0 Å². The second-order valence-corrected chi connectivity index (χ2v) is 3.78. The number of halogens is 3. The van der Waals surface area contributed by atoms with E-state index < -0.39 is 18.1 Å². The zero-order chi connectivity index (χ0) is 13.0. The predicted octanol–water partition coefficient (Wildman–Crippen LogP) is 2.97. The summed E-state index contributed by atoms with van der Waals surface area (Å²) in [6.45, 7) is 1.76.